The van der Waals surface area contributed by atoms with Gasteiger partial charge in [-0.1, -0.05) is 27.7 Å². The first-order valence-corrected chi connectivity index (χ1v) is 8.37. The molecule has 3 nitrogen and oxygen atoms in total. The number of carbonyl (C=O) groups is 1. The Morgan fingerprint density at radius 1 is 1.39 bits per heavy atom. The van der Waals surface area contributed by atoms with Crippen LogP contribution in [0, 0.1) is 5.92 Å². The first-order chi connectivity index (χ1) is 8.49. The lowest BCUT2D eigenvalue weighted by molar-refractivity contribution is -0.130. The highest BCUT2D eigenvalue weighted by molar-refractivity contribution is 7.99. The SMILES string of the molecule is CCC1NC(CC(C)C)C(=O)N1CCC(C)SC. The summed E-state index contributed by atoms with van der Waals surface area (Å²) in [5.41, 5.74) is 0. The van der Waals surface area contributed by atoms with Crippen LogP contribution in [0.3, 0.4) is 0 Å². The Morgan fingerprint density at radius 3 is 2.56 bits per heavy atom. The molecule has 0 bridgehead atoms. The first-order valence-electron chi connectivity index (χ1n) is 7.08. The molecular formula is C14H28N2OS. The molecule has 1 amide bonds. The van der Waals surface area contributed by atoms with Gasteiger partial charge in [0, 0.05) is 11.8 Å². The Hall–Kier alpha value is -0.220. The van der Waals surface area contributed by atoms with E-state index in [1.165, 1.54) is 0 Å². The maximum atomic E-state index is 12.4. The van der Waals surface area contributed by atoms with Crippen LogP contribution in [-0.2, 0) is 4.79 Å². The molecule has 0 saturated carbocycles. The molecule has 1 aliphatic rings. The fourth-order valence-corrected chi connectivity index (χ4v) is 2.77. The molecule has 3 atom stereocenters. The zero-order valence-electron chi connectivity index (χ0n) is 12.4. The van der Waals surface area contributed by atoms with E-state index in [-0.39, 0.29) is 12.2 Å². The van der Waals surface area contributed by atoms with Crippen LogP contribution >= 0.6 is 11.8 Å². The van der Waals surface area contributed by atoms with Gasteiger partial charge in [-0.15, -0.1) is 0 Å². The third-order valence-electron chi connectivity index (χ3n) is 3.62. The molecule has 0 radical (unpaired) electrons. The number of hydrogen-bond acceptors (Lipinski definition) is 3. The van der Waals surface area contributed by atoms with Gasteiger partial charge >= 0.3 is 0 Å². The van der Waals surface area contributed by atoms with Crippen molar-refractivity contribution >= 4 is 17.7 Å². The topological polar surface area (TPSA) is 32.3 Å². The van der Waals surface area contributed by atoms with E-state index in [1.807, 2.05) is 11.8 Å². The van der Waals surface area contributed by atoms with Crippen LogP contribution in [0.4, 0.5) is 0 Å². The summed E-state index contributed by atoms with van der Waals surface area (Å²) in [5.74, 6) is 0.873. The highest BCUT2D eigenvalue weighted by Crippen LogP contribution is 2.20. The molecule has 1 fully saturated rings. The molecule has 0 aromatic carbocycles. The molecule has 1 heterocycles. The number of rotatable bonds is 7. The van der Waals surface area contributed by atoms with Crippen molar-refractivity contribution in [2.24, 2.45) is 5.92 Å². The molecule has 4 heteroatoms. The number of hydrogen-bond donors (Lipinski definition) is 1. The molecule has 0 aromatic heterocycles. The monoisotopic (exact) mass is 272 g/mol. The van der Waals surface area contributed by atoms with E-state index in [1.54, 1.807) is 0 Å². The number of thioether (sulfide) groups is 1. The second-order valence-electron chi connectivity index (χ2n) is 5.64. The summed E-state index contributed by atoms with van der Waals surface area (Å²) in [6, 6.07) is 0.0412. The van der Waals surface area contributed by atoms with E-state index in [9.17, 15) is 4.79 Å². The van der Waals surface area contributed by atoms with Gasteiger partial charge in [-0.2, -0.15) is 11.8 Å². The number of nitrogens with one attached hydrogen (secondary N) is 1. The van der Waals surface area contributed by atoms with Crippen molar-refractivity contribution < 1.29 is 4.79 Å². The quantitative estimate of drug-likeness (QED) is 0.773. The van der Waals surface area contributed by atoms with Crippen molar-refractivity contribution in [1.29, 1.82) is 0 Å². The average Bonchev–Trinajstić information content (AvgIpc) is 2.62. The lowest BCUT2D eigenvalue weighted by atomic mass is 10.0. The zero-order chi connectivity index (χ0) is 13.7. The number of nitrogens with zero attached hydrogens (tertiary/aromatic N) is 1. The summed E-state index contributed by atoms with van der Waals surface area (Å²) in [6.45, 7) is 9.61. The maximum Gasteiger partial charge on any atom is 0.241 e. The van der Waals surface area contributed by atoms with Crippen LogP contribution in [0.2, 0.25) is 0 Å². The molecule has 106 valence electrons. The standard InChI is InChI=1S/C14H28N2OS/c1-6-13-15-12(9-10(2)3)14(17)16(13)8-7-11(4)18-5/h10-13,15H,6-9H2,1-5H3. The van der Waals surface area contributed by atoms with Crippen molar-refractivity contribution in [3.63, 3.8) is 0 Å². The summed E-state index contributed by atoms with van der Waals surface area (Å²) < 4.78 is 0. The Labute approximate surface area is 116 Å². The number of carbonyl (C=O) groups excluding carboxylic acids is 1. The molecule has 0 spiro atoms. The normalized spacial score (nSPS) is 26.1. The van der Waals surface area contributed by atoms with Gasteiger partial charge in [0.05, 0.1) is 12.2 Å². The molecule has 3 unspecified atom stereocenters. The van der Waals surface area contributed by atoms with Crippen molar-refractivity contribution in [1.82, 2.24) is 10.2 Å². The summed E-state index contributed by atoms with van der Waals surface area (Å²) in [4.78, 5) is 14.4. The lowest BCUT2D eigenvalue weighted by Crippen LogP contribution is -2.38. The Balaban J connectivity index is 2.56. The summed E-state index contributed by atoms with van der Waals surface area (Å²) in [5, 5.41) is 4.11. The van der Waals surface area contributed by atoms with Crippen molar-refractivity contribution in [2.45, 2.75) is 64.4 Å². The third-order valence-corrected chi connectivity index (χ3v) is 4.66. The molecule has 0 aromatic rings. The van der Waals surface area contributed by atoms with Crippen LogP contribution in [0.15, 0.2) is 0 Å². The van der Waals surface area contributed by atoms with Crippen LogP contribution in [0.25, 0.3) is 0 Å². The van der Waals surface area contributed by atoms with Crippen molar-refractivity contribution in [2.75, 3.05) is 12.8 Å². The van der Waals surface area contributed by atoms with Gasteiger partial charge in [0.2, 0.25) is 5.91 Å². The van der Waals surface area contributed by atoms with Gasteiger partial charge in [-0.05, 0) is 31.4 Å². The van der Waals surface area contributed by atoms with E-state index in [0.29, 0.717) is 17.1 Å². The average molecular weight is 272 g/mol. The van der Waals surface area contributed by atoms with E-state index in [0.717, 1.165) is 25.8 Å². The molecule has 18 heavy (non-hydrogen) atoms. The van der Waals surface area contributed by atoms with Gasteiger partial charge in [0.25, 0.3) is 0 Å². The summed E-state index contributed by atoms with van der Waals surface area (Å²) in [7, 11) is 0. The molecule has 1 N–H and O–H groups in total. The highest BCUT2D eigenvalue weighted by Gasteiger charge is 2.37. The maximum absolute atomic E-state index is 12.4. The first kappa shape index (κ1) is 15.8. The lowest BCUT2D eigenvalue weighted by Gasteiger charge is -2.24. The summed E-state index contributed by atoms with van der Waals surface area (Å²) in [6.07, 6.45) is 5.40. The van der Waals surface area contributed by atoms with E-state index in [2.05, 4.69) is 44.2 Å². The molecule has 0 aliphatic carbocycles. The fourth-order valence-electron chi connectivity index (χ4n) is 2.43. The highest BCUT2D eigenvalue weighted by atomic mass is 32.2. The van der Waals surface area contributed by atoms with E-state index < -0.39 is 0 Å². The molecule has 1 rings (SSSR count). The Morgan fingerprint density at radius 2 is 2.06 bits per heavy atom. The van der Waals surface area contributed by atoms with Crippen LogP contribution in [-0.4, -0.2) is 41.1 Å². The fraction of sp³-hybridized carbons (Fsp3) is 0.929. The smallest absolute Gasteiger partial charge is 0.241 e. The molecular weight excluding hydrogens is 244 g/mol. The minimum Gasteiger partial charge on any atom is -0.326 e. The van der Waals surface area contributed by atoms with Gasteiger partial charge in [-0.3, -0.25) is 10.1 Å². The van der Waals surface area contributed by atoms with Gasteiger partial charge in [-0.25, -0.2) is 0 Å². The van der Waals surface area contributed by atoms with Crippen LogP contribution in [0.1, 0.15) is 47.0 Å². The zero-order valence-corrected chi connectivity index (χ0v) is 13.2. The second-order valence-corrected chi connectivity index (χ2v) is 6.92. The van der Waals surface area contributed by atoms with Crippen molar-refractivity contribution in [3.05, 3.63) is 0 Å². The Kier molecular flexibility index (Phi) is 6.50. The minimum atomic E-state index is 0.0412. The van der Waals surface area contributed by atoms with Gasteiger partial charge in [0.1, 0.15) is 0 Å². The minimum absolute atomic E-state index is 0.0412. The van der Waals surface area contributed by atoms with Crippen molar-refractivity contribution in [3.8, 4) is 0 Å². The summed E-state index contributed by atoms with van der Waals surface area (Å²) >= 11 is 1.87. The van der Waals surface area contributed by atoms with E-state index in [4.69, 9.17) is 0 Å². The van der Waals surface area contributed by atoms with Gasteiger partial charge < -0.3 is 4.90 Å². The van der Waals surface area contributed by atoms with E-state index >= 15 is 0 Å². The van der Waals surface area contributed by atoms with Crippen LogP contribution < -0.4 is 5.32 Å². The Bertz CT molecular complexity index is 271. The third kappa shape index (κ3) is 4.16. The van der Waals surface area contributed by atoms with Gasteiger partial charge in [0.15, 0.2) is 0 Å². The van der Waals surface area contributed by atoms with Crippen LogP contribution in [0.5, 0.6) is 0 Å². The predicted octanol–water partition coefficient (Wildman–Crippen LogP) is 2.71. The largest absolute Gasteiger partial charge is 0.326 e. The second kappa shape index (κ2) is 7.39. The molecule has 1 saturated heterocycles. The number of amides is 1. The molecule has 1 aliphatic heterocycles. The predicted molar refractivity (Wildman–Crippen MR) is 79.8 cm³/mol.